The lowest BCUT2D eigenvalue weighted by Crippen LogP contribution is -2.50. The third-order valence-corrected chi connectivity index (χ3v) is 8.19. The highest BCUT2D eigenvalue weighted by Gasteiger charge is 2.30. The second kappa shape index (κ2) is 16.7. The number of carbonyl (C=O) groups is 2. The van der Waals surface area contributed by atoms with Gasteiger partial charge in [0.15, 0.2) is 0 Å². The van der Waals surface area contributed by atoms with Gasteiger partial charge in [-0.15, -0.1) is 0 Å². The van der Waals surface area contributed by atoms with Gasteiger partial charge in [-0.25, -0.2) is 13.1 Å². The molecule has 220 valence electrons. The number of benzene rings is 3. The predicted octanol–water partition coefficient (Wildman–Crippen LogP) is 4.10. The predicted molar refractivity (Wildman–Crippen MR) is 161 cm³/mol. The van der Waals surface area contributed by atoms with E-state index in [1.54, 1.807) is 36.1 Å². The van der Waals surface area contributed by atoms with E-state index in [0.717, 1.165) is 16.7 Å². The molecular formula is C32H41N3O5S. The number of ether oxygens (including phenoxy) is 1. The lowest BCUT2D eigenvalue weighted by Gasteiger charge is -2.31. The number of aryl methyl sites for hydroxylation is 1. The fourth-order valence-electron chi connectivity index (χ4n) is 4.49. The number of hydrogen-bond donors (Lipinski definition) is 2. The average Bonchev–Trinajstić information content (AvgIpc) is 2.98. The highest BCUT2D eigenvalue weighted by molar-refractivity contribution is 7.89. The van der Waals surface area contributed by atoms with E-state index in [9.17, 15) is 18.0 Å². The van der Waals surface area contributed by atoms with E-state index >= 15 is 0 Å². The van der Waals surface area contributed by atoms with Gasteiger partial charge in [0.05, 0.1) is 4.90 Å². The van der Waals surface area contributed by atoms with E-state index in [1.165, 1.54) is 0 Å². The SMILES string of the molecule is CCNS(=O)(=O)c1ccc(CCC(=O)N(Cc2ccccc2)[C@H](Cc2ccccc2)C(=O)NCCCOCC)cc1. The molecule has 0 spiro atoms. The fourth-order valence-corrected chi connectivity index (χ4v) is 5.53. The molecule has 1 atom stereocenters. The largest absolute Gasteiger partial charge is 0.382 e. The van der Waals surface area contributed by atoms with Crippen LogP contribution in [0.2, 0.25) is 0 Å². The summed E-state index contributed by atoms with van der Waals surface area (Å²) in [4.78, 5) is 29.2. The molecule has 0 saturated heterocycles. The van der Waals surface area contributed by atoms with Crippen LogP contribution in [0.15, 0.2) is 89.8 Å². The van der Waals surface area contributed by atoms with Gasteiger partial charge < -0.3 is 15.0 Å². The minimum Gasteiger partial charge on any atom is -0.382 e. The van der Waals surface area contributed by atoms with Gasteiger partial charge in [0, 0.05) is 45.7 Å². The van der Waals surface area contributed by atoms with Crippen LogP contribution in [0, 0.1) is 0 Å². The standard InChI is InChI=1S/C32H41N3O5S/c1-3-34-41(38,39)29-19-16-26(17-20-29)18-21-31(36)35(25-28-14-9-6-10-15-28)30(24-27-12-7-5-8-13-27)32(37)33-22-11-23-40-4-2/h5-10,12-17,19-20,30,34H,3-4,11,18,21-25H2,1-2H3,(H,33,37)/t30-/m1/s1. The van der Waals surface area contributed by atoms with Crippen LogP contribution >= 0.6 is 0 Å². The lowest BCUT2D eigenvalue weighted by molar-refractivity contribution is -0.141. The number of hydrogen-bond acceptors (Lipinski definition) is 5. The average molecular weight is 580 g/mol. The van der Waals surface area contributed by atoms with Crippen LogP contribution < -0.4 is 10.0 Å². The molecular weight excluding hydrogens is 538 g/mol. The van der Waals surface area contributed by atoms with Crippen molar-refractivity contribution in [1.82, 2.24) is 14.9 Å². The first kappa shape index (κ1) is 32.0. The molecule has 0 aromatic heterocycles. The topological polar surface area (TPSA) is 105 Å². The van der Waals surface area contributed by atoms with Gasteiger partial charge in [-0.1, -0.05) is 79.7 Å². The summed E-state index contributed by atoms with van der Waals surface area (Å²) in [6.45, 7) is 5.90. The highest BCUT2D eigenvalue weighted by atomic mass is 32.2. The Labute approximate surface area is 244 Å². The summed E-state index contributed by atoms with van der Waals surface area (Å²) in [5.74, 6) is -0.351. The number of carbonyl (C=O) groups excluding carboxylic acids is 2. The first-order chi connectivity index (χ1) is 19.8. The molecule has 0 radical (unpaired) electrons. The molecule has 2 amide bonds. The molecule has 0 heterocycles. The first-order valence-electron chi connectivity index (χ1n) is 14.2. The molecule has 2 N–H and O–H groups in total. The monoisotopic (exact) mass is 579 g/mol. The summed E-state index contributed by atoms with van der Waals surface area (Å²) < 4.78 is 32.4. The van der Waals surface area contributed by atoms with E-state index in [-0.39, 0.29) is 23.1 Å². The number of sulfonamides is 1. The van der Waals surface area contributed by atoms with Gasteiger partial charge in [-0.2, -0.15) is 0 Å². The van der Waals surface area contributed by atoms with Crippen LogP contribution in [0.1, 0.15) is 43.4 Å². The number of nitrogens with zero attached hydrogens (tertiary/aromatic N) is 1. The maximum atomic E-state index is 13.8. The lowest BCUT2D eigenvalue weighted by atomic mass is 10.0. The van der Waals surface area contributed by atoms with Crippen LogP contribution in [-0.2, 0) is 43.7 Å². The highest BCUT2D eigenvalue weighted by Crippen LogP contribution is 2.18. The Hall–Kier alpha value is -3.53. The minimum atomic E-state index is -3.55. The zero-order valence-corrected chi connectivity index (χ0v) is 24.7. The Bertz CT molecular complexity index is 1320. The molecule has 0 aliphatic heterocycles. The maximum absolute atomic E-state index is 13.8. The van der Waals surface area contributed by atoms with E-state index < -0.39 is 16.1 Å². The Morgan fingerprint density at radius 3 is 2.10 bits per heavy atom. The molecule has 0 aliphatic rings. The summed E-state index contributed by atoms with van der Waals surface area (Å²) in [7, 11) is -3.55. The first-order valence-corrected chi connectivity index (χ1v) is 15.6. The second-order valence-corrected chi connectivity index (χ2v) is 11.5. The number of nitrogens with one attached hydrogen (secondary N) is 2. The molecule has 0 saturated carbocycles. The molecule has 8 nitrogen and oxygen atoms in total. The van der Waals surface area contributed by atoms with Gasteiger partial charge in [-0.3, -0.25) is 9.59 Å². The van der Waals surface area contributed by atoms with Crippen molar-refractivity contribution in [2.75, 3.05) is 26.3 Å². The smallest absolute Gasteiger partial charge is 0.243 e. The van der Waals surface area contributed by atoms with Crippen molar-refractivity contribution in [3.8, 4) is 0 Å². The molecule has 0 unspecified atom stereocenters. The normalized spacial score (nSPS) is 12.0. The van der Waals surface area contributed by atoms with E-state index in [2.05, 4.69) is 10.0 Å². The van der Waals surface area contributed by atoms with Gasteiger partial charge in [-0.05, 0) is 48.6 Å². The molecule has 0 fully saturated rings. The van der Waals surface area contributed by atoms with Crippen molar-refractivity contribution in [3.63, 3.8) is 0 Å². The van der Waals surface area contributed by atoms with E-state index in [1.807, 2.05) is 67.6 Å². The number of amides is 2. The van der Waals surface area contributed by atoms with Crippen LogP contribution in [0.3, 0.4) is 0 Å². The molecule has 9 heteroatoms. The van der Waals surface area contributed by atoms with Crippen LogP contribution in [-0.4, -0.2) is 57.5 Å². The molecule has 0 bridgehead atoms. The quantitative estimate of drug-likeness (QED) is 0.234. The summed E-state index contributed by atoms with van der Waals surface area (Å²) in [6.07, 6.45) is 1.66. The second-order valence-electron chi connectivity index (χ2n) is 9.70. The zero-order chi connectivity index (χ0) is 29.5. The molecule has 3 rings (SSSR count). The van der Waals surface area contributed by atoms with Gasteiger partial charge in [0.1, 0.15) is 6.04 Å². The molecule has 3 aromatic rings. The third-order valence-electron chi connectivity index (χ3n) is 6.63. The molecule has 41 heavy (non-hydrogen) atoms. The Kier molecular flexibility index (Phi) is 13.0. The van der Waals surface area contributed by atoms with Crippen molar-refractivity contribution in [2.45, 2.75) is 57.0 Å². The molecule has 0 aliphatic carbocycles. The minimum absolute atomic E-state index is 0.149. The Balaban J connectivity index is 1.81. The van der Waals surface area contributed by atoms with Crippen molar-refractivity contribution < 1.29 is 22.7 Å². The molecule has 3 aromatic carbocycles. The number of rotatable bonds is 17. The van der Waals surface area contributed by atoms with Crippen LogP contribution in [0.5, 0.6) is 0 Å². The van der Waals surface area contributed by atoms with Crippen molar-refractivity contribution in [3.05, 3.63) is 102 Å². The third kappa shape index (κ3) is 10.4. The Morgan fingerprint density at radius 2 is 1.49 bits per heavy atom. The van der Waals surface area contributed by atoms with Gasteiger partial charge in [0.2, 0.25) is 21.8 Å². The van der Waals surface area contributed by atoms with Crippen molar-refractivity contribution in [1.29, 1.82) is 0 Å². The van der Waals surface area contributed by atoms with Crippen molar-refractivity contribution >= 4 is 21.8 Å². The van der Waals surface area contributed by atoms with Crippen LogP contribution in [0.4, 0.5) is 0 Å². The van der Waals surface area contributed by atoms with Gasteiger partial charge in [0.25, 0.3) is 0 Å². The fraction of sp³-hybridized carbons (Fsp3) is 0.375. The summed E-state index contributed by atoms with van der Waals surface area (Å²) >= 11 is 0. The maximum Gasteiger partial charge on any atom is 0.243 e. The van der Waals surface area contributed by atoms with Crippen LogP contribution in [0.25, 0.3) is 0 Å². The summed E-state index contributed by atoms with van der Waals surface area (Å²) in [6, 6.07) is 25.2. The zero-order valence-electron chi connectivity index (χ0n) is 23.9. The summed E-state index contributed by atoms with van der Waals surface area (Å²) in [5, 5.41) is 3.01. The van der Waals surface area contributed by atoms with Crippen molar-refractivity contribution in [2.24, 2.45) is 0 Å². The van der Waals surface area contributed by atoms with E-state index in [0.29, 0.717) is 52.1 Å². The summed E-state index contributed by atoms with van der Waals surface area (Å²) in [5.41, 5.74) is 2.74. The Morgan fingerprint density at radius 1 is 0.854 bits per heavy atom. The van der Waals surface area contributed by atoms with Gasteiger partial charge >= 0.3 is 0 Å². The van der Waals surface area contributed by atoms with E-state index in [4.69, 9.17) is 4.74 Å².